The second-order valence-electron chi connectivity index (χ2n) is 9.59. The molecule has 5 rings (SSSR count). The Morgan fingerprint density at radius 2 is 2.00 bits per heavy atom. The molecule has 1 aliphatic rings. The van der Waals surface area contributed by atoms with Gasteiger partial charge in [-0.3, -0.25) is 9.36 Å². The fraction of sp³-hybridized carbons (Fsp3) is 0.400. The number of rotatable bonds is 6. The van der Waals surface area contributed by atoms with Gasteiger partial charge in [-0.05, 0) is 36.6 Å². The van der Waals surface area contributed by atoms with Crippen molar-refractivity contribution in [3.8, 4) is 5.69 Å². The van der Waals surface area contributed by atoms with Crippen LogP contribution in [0.3, 0.4) is 0 Å². The van der Waals surface area contributed by atoms with E-state index in [2.05, 4.69) is 20.5 Å². The van der Waals surface area contributed by atoms with Crippen LogP contribution in [0.2, 0.25) is 0 Å². The second-order valence-corrected chi connectivity index (χ2v) is 9.59. The number of nitrogens with one attached hydrogen (secondary N) is 2. The van der Waals surface area contributed by atoms with Crippen LogP contribution < -0.4 is 10.9 Å². The van der Waals surface area contributed by atoms with Crippen molar-refractivity contribution in [3.05, 3.63) is 75.9 Å². The van der Waals surface area contributed by atoms with Gasteiger partial charge in [-0.2, -0.15) is 13.2 Å². The number of hydrogen-bond donors (Lipinski definition) is 2. The van der Waals surface area contributed by atoms with Crippen molar-refractivity contribution in [2.24, 2.45) is 7.05 Å². The highest BCUT2D eigenvalue weighted by Crippen LogP contribution is 2.48. The molecule has 0 aliphatic heterocycles. The highest BCUT2D eigenvalue weighted by Gasteiger charge is 2.44. The first-order chi connectivity index (χ1) is 16.6. The zero-order chi connectivity index (χ0) is 25.0. The number of aromatic amines is 1. The van der Waals surface area contributed by atoms with Crippen LogP contribution >= 0.6 is 0 Å². The highest BCUT2D eigenvalue weighted by atomic mass is 19.4. The van der Waals surface area contributed by atoms with E-state index in [1.807, 2.05) is 31.5 Å². The molecule has 184 valence electrons. The van der Waals surface area contributed by atoms with Crippen molar-refractivity contribution in [2.75, 3.05) is 0 Å². The van der Waals surface area contributed by atoms with Gasteiger partial charge in [0, 0.05) is 42.6 Å². The van der Waals surface area contributed by atoms with Gasteiger partial charge in [0.1, 0.15) is 17.7 Å². The Kier molecular flexibility index (Phi) is 5.58. The van der Waals surface area contributed by atoms with Gasteiger partial charge in [0.15, 0.2) is 0 Å². The summed E-state index contributed by atoms with van der Waals surface area (Å²) in [7, 11) is 1.88. The minimum Gasteiger partial charge on any atom is -0.353 e. The highest BCUT2D eigenvalue weighted by molar-refractivity contribution is 5.84. The summed E-state index contributed by atoms with van der Waals surface area (Å²) in [5.41, 5.74) is 0.00894. The van der Waals surface area contributed by atoms with Gasteiger partial charge in [0.2, 0.25) is 0 Å². The van der Waals surface area contributed by atoms with Crippen LogP contribution in [0.5, 0.6) is 0 Å². The van der Waals surface area contributed by atoms with E-state index in [0.29, 0.717) is 17.9 Å². The minimum atomic E-state index is -4.62. The molecule has 3 aromatic heterocycles. The summed E-state index contributed by atoms with van der Waals surface area (Å²) >= 11 is 0. The Labute approximate surface area is 200 Å². The molecule has 0 saturated heterocycles. The molecular formula is C25H27F3N6O. The van der Waals surface area contributed by atoms with Crippen molar-refractivity contribution in [2.45, 2.75) is 57.3 Å². The molecule has 4 aromatic rings. The summed E-state index contributed by atoms with van der Waals surface area (Å²) in [6, 6.07) is 8.73. The molecule has 1 aromatic carbocycles. The summed E-state index contributed by atoms with van der Waals surface area (Å²) < 4.78 is 45.2. The largest absolute Gasteiger partial charge is 0.418 e. The SMILES string of the molecule is CC(C)NCc1cc2c(C(F)(F)F)cn(-c3cccc(C4(c5nncn5C)CCC4)c3)c(=O)c2[nH]1. The Bertz CT molecular complexity index is 1440. The summed E-state index contributed by atoms with van der Waals surface area (Å²) in [5.74, 6) is 0.811. The van der Waals surface area contributed by atoms with Crippen molar-refractivity contribution in [3.63, 3.8) is 0 Å². The number of H-pyrrole nitrogens is 1. The summed E-state index contributed by atoms with van der Waals surface area (Å²) in [6.45, 7) is 4.22. The van der Waals surface area contributed by atoms with Crippen LogP contribution in [0.15, 0.2) is 47.7 Å². The summed E-state index contributed by atoms with van der Waals surface area (Å²) in [4.78, 5) is 16.3. The summed E-state index contributed by atoms with van der Waals surface area (Å²) in [6.07, 6.45) is 0.652. The molecule has 0 amide bonds. The van der Waals surface area contributed by atoms with Gasteiger partial charge in [-0.25, -0.2) is 0 Å². The molecule has 2 N–H and O–H groups in total. The smallest absolute Gasteiger partial charge is 0.353 e. The topological polar surface area (TPSA) is 80.5 Å². The lowest BCUT2D eigenvalue weighted by atomic mass is 9.63. The minimum absolute atomic E-state index is 0.0579. The Hall–Kier alpha value is -3.40. The van der Waals surface area contributed by atoms with E-state index < -0.39 is 17.3 Å². The number of hydrogen-bond acceptors (Lipinski definition) is 4. The van der Waals surface area contributed by atoms with Gasteiger partial charge in [-0.15, -0.1) is 10.2 Å². The maximum absolute atomic E-state index is 14.1. The average Bonchev–Trinajstić information content (AvgIpc) is 3.38. The van der Waals surface area contributed by atoms with Crippen molar-refractivity contribution >= 4 is 10.9 Å². The number of aryl methyl sites for hydroxylation is 1. The third-order valence-corrected chi connectivity index (χ3v) is 6.88. The standard InChI is InChI=1S/C25H27F3N6O/c1-15(2)29-12-17-11-19-20(25(26,27)28)13-34(22(35)21(19)31-17)18-7-4-6-16(10-18)24(8-5-9-24)23-32-30-14-33(23)3/h4,6-7,10-11,13-15,29,31H,5,8-9,12H2,1-3H3. The van der Waals surface area contributed by atoms with Gasteiger partial charge in [-0.1, -0.05) is 32.4 Å². The average molecular weight is 485 g/mol. The van der Waals surface area contributed by atoms with E-state index in [1.165, 1.54) is 6.07 Å². The number of fused-ring (bicyclic) bond motifs is 1. The zero-order valence-corrected chi connectivity index (χ0v) is 19.8. The number of nitrogens with zero attached hydrogens (tertiary/aromatic N) is 4. The van der Waals surface area contributed by atoms with Crippen molar-refractivity contribution in [1.82, 2.24) is 29.6 Å². The second kappa shape index (κ2) is 8.37. The first kappa shape index (κ1) is 23.3. The number of aromatic nitrogens is 5. The summed E-state index contributed by atoms with van der Waals surface area (Å²) in [5, 5.41) is 11.4. The van der Waals surface area contributed by atoms with E-state index >= 15 is 0 Å². The van der Waals surface area contributed by atoms with Gasteiger partial charge < -0.3 is 14.9 Å². The fourth-order valence-corrected chi connectivity index (χ4v) is 4.94. The van der Waals surface area contributed by atoms with Crippen LogP contribution in [-0.2, 0) is 25.2 Å². The Balaban J connectivity index is 1.66. The number of benzene rings is 1. The van der Waals surface area contributed by atoms with E-state index in [-0.39, 0.29) is 22.4 Å². The van der Waals surface area contributed by atoms with E-state index in [0.717, 1.165) is 41.4 Å². The molecule has 0 atom stereocenters. The van der Waals surface area contributed by atoms with Gasteiger partial charge in [0.05, 0.1) is 11.0 Å². The molecule has 1 aliphatic carbocycles. The van der Waals surface area contributed by atoms with Gasteiger partial charge in [0.25, 0.3) is 5.56 Å². The molecule has 1 saturated carbocycles. The molecule has 3 heterocycles. The molecule has 0 radical (unpaired) electrons. The lowest BCUT2D eigenvalue weighted by Crippen LogP contribution is -2.38. The van der Waals surface area contributed by atoms with Crippen LogP contribution in [-0.4, -0.2) is 30.4 Å². The normalized spacial score (nSPS) is 15.6. The Morgan fingerprint density at radius 1 is 1.23 bits per heavy atom. The first-order valence-corrected chi connectivity index (χ1v) is 11.6. The van der Waals surface area contributed by atoms with E-state index in [1.54, 1.807) is 24.5 Å². The number of pyridine rings is 1. The quantitative estimate of drug-likeness (QED) is 0.424. The monoisotopic (exact) mass is 484 g/mol. The maximum atomic E-state index is 14.1. The van der Waals surface area contributed by atoms with Crippen molar-refractivity contribution in [1.29, 1.82) is 0 Å². The van der Waals surface area contributed by atoms with Crippen LogP contribution in [0.4, 0.5) is 13.2 Å². The third-order valence-electron chi connectivity index (χ3n) is 6.88. The van der Waals surface area contributed by atoms with Crippen LogP contribution in [0.1, 0.15) is 55.8 Å². The maximum Gasteiger partial charge on any atom is 0.418 e. The molecule has 0 spiro atoms. The molecule has 0 bridgehead atoms. The van der Waals surface area contributed by atoms with E-state index in [4.69, 9.17) is 0 Å². The Morgan fingerprint density at radius 3 is 2.60 bits per heavy atom. The molecule has 0 unspecified atom stereocenters. The lowest BCUT2D eigenvalue weighted by molar-refractivity contribution is -0.136. The third kappa shape index (κ3) is 3.95. The van der Waals surface area contributed by atoms with Crippen LogP contribution in [0, 0.1) is 0 Å². The predicted octanol–water partition coefficient (Wildman–Crippen LogP) is 4.43. The molecule has 7 nitrogen and oxygen atoms in total. The number of halogens is 3. The molecule has 1 fully saturated rings. The fourth-order valence-electron chi connectivity index (χ4n) is 4.94. The first-order valence-electron chi connectivity index (χ1n) is 11.6. The molecule has 35 heavy (non-hydrogen) atoms. The molecule has 10 heteroatoms. The van der Waals surface area contributed by atoms with Gasteiger partial charge >= 0.3 is 6.18 Å². The predicted molar refractivity (Wildman–Crippen MR) is 127 cm³/mol. The van der Waals surface area contributed by atoms with Crippen molar-refractivity contribution < 1.29 is 13.2 Å². The number of alkyl halides is 3. The van der Waals surface area contributed by atoms with E-state index in [9.17, 15) is 18.0 Å². The lowest BCUT2D eigenvalue weighted by Gasteiger charge is -2.41. The molecular weight excluding hydrogens is 457 g/mol. The van der Waals surface area contributed by atoms with Crippen LogP contribution in [0.25, 0.3) is 16.6 Å². The zero-order valence-electron chi connectivity index (χ0n) is 19.8.